The van der Waals surface area contributed by atoms with Crippen molar-refractivity contribution < 1.29 is 9.53 Å². The molecule has 4 rings (SSSR count). The molecule has 0 radical (unpaired) electrons. The molecule has 1 atom stereocenters. The van der Waals surface area contributed by atoms with Crippen molar-refractivity contribution >= 4 is 17.6 Å². The highest BCUT2D eigenvalue weighted by molar-refractivity contribution is 6.99. The minimum absolute atomic E-state index is 0.0522. The number of carbonyl (C=O) groups is 1. The number of hydrogen-bond acceptors (Lipinski definition) is 5. The maximum absolute atomic E-state index is 12.3. The number of rotatable bonds is 1. The number of benzene rings is 1. The molecule has 2 aliphatic rings. The second-order valence-electron chi connectivity index (χ2n) is 5.21. The summed E-state index contributed by atoms with van der Waals surface area (Å²) in [5, 5.41) is 0. The van der Waals surface area contributed by atoms with E-state index in [-0.39, 0.29) is 11.5 Å². The molecule has 0 saturated carbocycles. The summed E-state index contributed by atoms with van der Waals surface area (Å²) in [5.74, 6) is -0.0522. The van der Waals surface area contributed by atoms with E-state index in [0.29, 0.717) is 25.4 Å². The van der Waals surface area contributed by atoms with Gasteiger partial charge in [-0.2, -0.15) is 8.75 Å². The molecule has 0 aliphatic carbocycles. The van der Waals surface area contributed by atoms with Crippen LogP contribution in [0, 0.1) is 0 Å². The molecule has 1 fully saturated rings. The van der Waals surface area contributed by atoms with Crippen molar-refractivity contribution in [3.05, 3.63) is 47.3 Å². The highest BCUT2D eigenvalue weighted by Gasteiger charge is 2.46. The molecule has 1 saturated heterocycles. The summed E-state index contributed by atoms with van der Waals surface area (Å²) in [7, 11) is 0. The zero-order valence-electron chi connectivity index (χ0n) is 10.8. The van der Waals surface area contributed by atoms with Crippen molar-refractivity contribution in [3.63, 3.8) is 0 Å². The number of nitrogens with zero attached hydrogens (tertiary/aromatic N) is 3. The molecule has 0 unspecified atom stereocenters. The molecule has 102 valence electrons. The Bertz CT molecular complexity index is 658. The first-order valence-electron chi connectivity index (χ1n) is 6.58. The summed E-state index contributed by atoms with van der Waals surface area (Å²) in [6, 6.07) is 8.27. The summed E-state index contributed by atoms with van der Waals surface area (Å²) >= 11 is 1.06. The predicted octanol–water partition coefficient (Wildman–Crippen LogP) is 1.81. The quantitative estimate of drug-likeness (QED) is 0.802. The molecule has 6 heteroatoms. The fourth-order valence-corrected chi connectivity index (χ4v) is 3.51. The van der Waals surface area contributed by atoms with E-state index < -0.39 is 0 Å². The molecule has 5 nitrogen and oxygen atoms in total. The van der Waals surface area contributed by atoms with E-state index in [2.05, 4.69) is 20.9 Å². The van der Waals surface area contributed by atoms with Gasteiger partial charge in [-0.15, -0.1) is 0 Å². The lowest BCUT2D eigenvalue weighted by atomic mass is 9.92. The number of amides is 1. The minimum Gasteiger partial charge on any atom is -0.364 e. The van der Waals surface area contributed by atoms with Crippen LogP contribution in [0.1, 0.15) is 28.0 Å². The van der Waals surface area contributed by atoms with E-state index >= 15 is 0 Å². The molecular weight excluding hydrogens is 274 g/mol. The molecule has 20 heavy (non-hydrogen) atoms. The van der Waals surface area contributed by atoms with Gasteiger partial charge < -0.3 is 9.64 Å². The van der Waals surface area contributed by atoms with Crippen LogP contribution in [0.15, 0.2) is 30.5 Å². The Kier molecular flexibility index (Phi) is 2.61. The normalized spacial score (nSPS) is 24.3. The van der Waals surface area contributed by atoms with Gasteiger partial charge in [0.15, 0.2) is 5.69 Å². The number of aromatic nitrogens is 2. The number of carbonyl (C=O) groups excluding carboxylic acids is 1. The van der Waals surface area contributed by atoms with E-state index in [1.54, 1.807) is 0 Å². The van der Waals surface area contributed by atoms with E-state index in [1.165, 1.54) is 17.3 Å². The first-order chi connectivity index (χ1) is 9.78. The summed E-state index contributed by atoms with van der Waals surface area (Å²) < 4.78 is 14.0. The van der Waals surface area contributed by atoms with Crippen molar-refractivity contribution in [2.45, 2.75) is 18.6 Å². The Labute approximate surface area is 120 Å². The molecule has 1 spiro atoms. The SMILES string of the molecule is O=C(c1cnsn1)N1CC[C@@]2(C1)OCc1ccccc12. The van der Waals surface area contributed by atoms with Gasteiger partial charge in [0.25, 0.3) is 5.91 Å². The van der Waals surface area contributed by atoms with Gasteiger partial charge in [-0.1, -0.05) is 24.3 Å². The summed E-state index contributed by atoms with van der Waals surface area (Å²) in [6.07, 6.45) is 2.37. The molecule has 0 N–H and O–H groups in total. The Morgan fingerprint density at radius 3 is 3.15 bits per heavy atom. The Morgan fingerprint density at radius 2 is 2.30 bits per heavy atom. The second-order valence-corrected chi connectivity index (χ2v) is 5.77. The first-order valence-corrected chi connectivity index (χ1v) is 7.31. The van der Waals surface area contributed by atoms with E-state index in [1.807, 2.05) is 17.0 Å². The van der Waals surface area contributed by atoms with Crippen molar-refractivity contribution in [1.29, 1.82) is 0 Å². The first kappa shape index (κ1) is 12.0. The zero-order chi connectivity index (χ0) is 13.6. The number of hydrogen-bond donors (Lipinski definition) is 0. The lowest BCUT2D eigenvalue weighted by molar-refractivity contribution is -0.0283. The van der Waals surface area contributed by atoms with E-state index in [4.69, 9.17) is 4.74 Å². The molecule has 3 heterocycles. The van der Waals surface area contributed by atoms with Crippen LogP contribution in [0.4, 0.5) is 0 Å². The Hall–Kier alpha value is -1.79. The maximum atomic E-state index is 12.3. The number of fused-ring (bicyclic) bond motifs is 2. The van der Waals surface area contributed by atoms with Gasteiger partial charge in [0.2, 0.25) is 0 Å². The Morgan fingerprint density at radius 1 is 1.40 bits per heavy atom. The van der Waals surface area contributed by atoms with Crippen molar-refractivity contribution in [2.75, 3.05) is 13.1 Å². The third kappa shape index (κ3) is 1.68. The standard InChI is InChI=1S/C14H13N3O2S/c18-13(12-7-15-20-16-12)17-6-5-14(9-17)11-4-2-1-3-10(11)8-19-14/h1-4,7H,5-6,8-9H2/t14-/m0/s1. The highest BCUT2D eigenvalue weighted by atomic mass is 32.1. The second kappa shape index (κ2) is 4.36. The molecule has 1 aromatic carbocycles. The van der Waals surface area contributed by atoms with Crippen molar-refractivity contribution in [3.8, 4) is 0 Å². The van der Waals surface area contributed by atoms with Crippen LogP contribution in [0.2, 0.25) is 0 Å². The van der Waals surface area contributed by atoms with Crippen molar-refractivity contribution in [2.24, 2.45) is 0 Å². The lowest BCUT2D eigenvalue weighted by Crippen LogP contribution is -2.34. The van der Waals surface area contributed by atoms with Gasteiger partial charge in [0, 0.05) is 6.54 Å². The predicted molar refractivity (Wildman–Crippen MR) is 73.3 cm³/mol. The van der Waals surface area contributed by atoms with Crippen LogP contribution in [0.5, 0.6) is 0 Å². The monoisotopic (exact) mass is 287 g/mol. The molecule has 1 aromatic heterocycles. The van der Waals surface area contributed by atoms with Crippen LogP contribution < -0.4 is 0 Å². The van der Waals surface area contributed by atoms with Gasteiger partial charge in [-0.05, 0) is 17.5 Å². The largest absolute Gasteiger partial charge is 0.364 e. The highest BCUT2D eigenvalue weighted by Crippen LogP contribution is 2.43. The summed E-state index contributed by atoms with van der Waals surface area (Å²) in [4.78, 5) is 14.2. The summed E-state index contributed by atoms with van der Waals surface area (Å²) in [5.41, 5.74) is 2.57. The third-order valence-corrected chi connectivity index (χ3v) is 4.59. The van der Waals surface area contributed by atoms with Gasteiger partial charge >= 0.3 is 0 Å². The zero-order valence-corrected chi connectivity index (χ0v) is 11.6. The fraction of sp³-hybridized carbons (Fsp3) is 0.357. The van der Waals surface area contributed by atoms with Crippen LogP contribution in [-0.2, 0) is 16.9 Å². The number of ether oxygens (including phenoxy) is 1. The average molecular weight is 287 g/mol. The number of likely N-dealkylation sites (tertiary alicyclic amines) is 1. The van der Waals surface area contributed by atoms with Gasteiger partial charge in [0.1, 0.15) is 5.60 Å². The molecule has 1 amide bonds. The Balaban J connectivity index is 1.61. The maximum Gasteiger partial charge on any atom is 0.275 e. The van der Waals surface area contributed by atoms with Gasteiger partial charge in [-0.3, -0.25) is 4.79 Å². The lowest BCUT2D eigenvalue weighted by Gasteiger charge is -2.24. The van der Waals surface area contributed by atoms with Crippen LogP contribution in [-0.4, -0.2) is 32.6 Å². The molecular formula is C14H13N3O2S. The van der Waals surface area contributed by atoms with Crippen LogP contribution in [0.25, 0.3) is 0 Å². The average Bonchev–Trinajstić information content (AvgIpc) is 3.21. The molecule has 0 bridgehead atoms. The molecule has 2 aliphatic heterocycles. The minimum atomic E-state index is -0.324. The van der Waals surface area contributed by atoms with Gasteiger partial charge in [-0.25, -0.2) is 0 Å². The third-order valence-electron chi connectivity index (χ3n) is 4.11. The topological polar surface area (TPSA) is 55.3 Å². The van der Waals surface area contributed by atoms with Crippen LogP contribution >= 0.6 is 11.7 Å². The fourth-order valence-electron chi connectivity index (χ4n) is 3.10. The van der Waals surface area contributed by atoms with Gasteiger partial charge in [0.05, 0.1) is 31.1 Å². The van der Waals surface area contributed by atoms with Crippen molar-refractivity contribution in [1.82, 2.24) is 13.6 Å². The smallest absolute Gasteiger partial charge is 0.275 e. The van der Waals surface area contributed by atoms with E-state index in [0.717, 1.165) is 18.1 Å². The van der Waals surface area contributed by atoms with Crippen LogP contribution in [0.3, 0.4) is 0 Å². The summed E-state index contributed by atoms with van der Waals surface area (Å²) in [6.45, 7) is 1.93. The molecule has 2 aromatic rings. The van der Waals surface area contributed by atoms with E-state index in [9.17, 15) is 4.79 Å².